The van der Waals surface area contributed by atoms with Crippen molar-refractivity contribution in [2.45, 2.75) is 124 Å². The molecule has 9 N–H and O–H groups in total. The number of nitrogens with one attached hydrogen (secondary N) is 5. The van der Waals surface area contributed by atoms with Crippen LogP contribution in [0.25, 0.3) is 0 Å². The van der Waals surface area contributed by atoms with Crippen LogP contribution in [0.3, 0.4) is 0 Å². The summed E-state index contributed by atoms with van der Waals surface area (Å²) in [7, 11) is 1.69. The van der Waals surface area contributed by atoms with E-state index >= 15 is 0 Å². The van der Waals surface area contributed by atoms with Crippen LogP contribution in [-0.2, 0) is 24.0 Å². The zero-order chi connectivity index (χ0) is 43.0. The van der Waals surface area contributed by atoms with Gasteiger partial charge in [-0.15, -0.1) is 0 Å². The fourth-order valence-corrected chi connectivity index (χ4v) is 5.45. The first-order chi connectivity index (χ1) is 25.7. The maximum atomic E-state index is 13.6. The zero-order valence-electron chi connectivity index (χ0n) is 35.1. The molecule has 0 aromatic heterocycles. The summed E-state index contributed by atoms with van der Waals surface area (Å²) in [5, 5.41) is 29.2. The molecule has 2 fully saturated rings. The third-order valence-electron chi connectivity index (χ3n) is 8.83. The molecule has 0 radical (unpaired) electrons. The molecule has 1 aromatic carbocycles. The van der Waals surface area contributed by atoms with Crippen LogP contribution < -0.4 is 32.3 Å². The predicted molar refractivity (Wildman–Crippen MR) is 215 cm³/mol. The first kappa shape index (κ1) is 49.5. The lowest BCUT2D eigenvalue weighted by atomic mass is 9.85. The van der Waals surface area contributed by atoms with Crippen LogP contribution in [0.2, 0.25) is 0 Å². The standard InChI is InChI=1S/C33H51N7O6.C5H10.C2H7NO2/c1-10-39(9)29(44)25(22-15-12-11-13-16-22)36-21(2)19-34-28(43)24(41)20-35-27(42)23-17-14-18-40(23)30(45)26(32(3,4)5)37-31(46)38-33(6,7)8;1-5-3-2-4-5;1-2(3,4)5/h11-13,15-16,23,25-26,36H,2,10,14,17-20H2,1,3-9H3,(H,34,43)(H,35,42)(H2,37,38,46);5H,2-4H2,1H3;4-5H,3H2,1H3. The Morgan fingerprint density at radius 2 is 1.46 bits per heavy atom. The Morgan fingerprint density at radius 1 is 0.911 bits per heavy atom. The number of nitrogens with two attached hydrogens (primary N) is 1. The smallest absolute Gasteiger partial charge is 0.315 e. The Hall–Kier alpha value is -4.54. The van der Waals surface area contributed by atoms with Crippen molar-refractivity contribution in [3.63, 3.8) is 0 Å². The molecule has 1 saturated heterocycles. The molecule has 3 rings (SSSR count). The number of hydrogen-bond acceptors (Lipinski definition) is 10. The van der Waals surface area contributed by atoms with Gasteiger partial charge in [0.05, 0.1) is 13.1 Å². The molecular formula is C40H68N8O8. The van der Waals surface area contributed by atoms with Crippen molar-refractivity contribution in [1.29, 1.82) is 0 Å². The third-order valence-corrected chi connectivity index (χ3v) is 8.83. The van der Waals surface area contributed by atoms with Crippen molar-refractivity contribution in [2.24, 2.45) is 17.1 Å². The first-order valence-electron chi connectivity index (χ1n) is 19.2. The van der Waals surface area contributed by atoms with Crippen molar-refractivity contribution in [1.82, 2.24) is 36.4 Å². The second-order valence-corrected chi connectivity index (χ2v) is 16.7. The fourth-order valence-electron chi connectivity index (χ4n) is 5.45. The normalized spacial score (nSPS) is 16.5. The van der Waals surface area contributed by atoms with Crippen LogP contribution in [0.5, 0.6) is 0 Å². The monoisotopic (exact) mass is 789 g/mol. The van der Waals surface area contributed by atoms with Crippen molar-refractivity contribution in [3.05, 3.63) is 48.2 Å². The van der Waals surface area contributed by atoms with E-state index in [1.807, 2.05) is 66.7 Å². The third kappa shape index (κ3) is 18.9. The highest BCUT2D eigenvalue weighted by Gasteiger charge is 2.42. The SMILES string of the molecule is C=C(CNC(=O)C(=O)CNC(=O)C1CCCN1C(=O)C(NC(=O)NC(C)(C)C)C(C)(C)C)NC(C(=O)N(C)CC)c1ccccc1.CC(N)(O)O.CC1CCC1. The van der Waals surface area contributed by atoms with Gasteiger partial charge in [-0.25, -0.2) is 4.79 Å². The lowest BCUT2D eigenvalue weighted by Crippen LogP contribution is -2.60. The minimum Gasteiger partial charge on any atom is -0.372 e. The molecule has 1 heterocycles. The molecule has 3 atom stereocenters. The molecule has 1 aliphatic heterocycles. The molecule has 2 aliphatic rings. The summed E-state index contributed by atoms with van der Waals surface area (Å²) in [6.07, 6.45) is 5.41. The number of amides is 6. The van der Waals surface area contributed by atoms with Gasteiger partial charge in [0.25, 0.3) is 5.91 Å². The van der Waals surface area contributed by atoms with Gasteiger partial charge < -0.3 is 46.6 Å². The van der Waals surface area contributed by atoms with Gasteiger partial charge in [-0.2, -0.15) is 0 Å². The van der Waals surface area contributed by atoms with Gasteiger partial charge in [0.1, 0.15) is 18.1 Å². The summed E-state index contributed by atoms with van der Waals surface area (Å²) in [4.78, 5) is 80.3. The Morgan fingerprint density at radius 3 is 1.93 bits per heavy atom. The minimum atomic E-state index is -2.00. The fraction of sp³-hybridized carbons (Fsp3) is 0.650. The number of nitrogens with zero attached hydrogens (tertiary/aromatic N) is 2. The number of carbonyl (C=O) groups excluding carboxylic acids is 6. The molecule has 1 saturated carbocycles. The number of benzene rings is 1. The van der Waals surface area contributed by atoms with Gasteiger partial charge in [-0.1, -0.05) is 83.9 Å². The minimum absolute atomic E-state index is 0.125. The second-order valence-electron chi connectivity index (χ2n) is 16.7. The molecule has 6 amide bonds. The van der Waals surface area contributed by atoms with Crippen LogP contribution >= 0.6 is 0 Å². The number of urea groups is 1. The van der Waals surface area contributed by atoms with Crippen LogP contribution in [0.4, 0.5) is 4.79 Å². The summed E-state index contributed by atoms with van der Waals surface area (Å²) in [5.41, 5.74) is 4.34. The summed E-state index contributed by atoms with van der Waals surface area (Å²) in [6.45, 7) is 20.2. The Kier molecular flexibility index (Phi) is 19.7. The summed E-state index contributed by atoms with van der Waals surface area (Å²) in [6, 6.07) is 6.09. The van der Waals surface area contributed by atoms with Gasteiger partial charge in [0.2, 0.25) is 29.4 Å². The highest BCUT2D eigenvalue weighted by Crippen LogP contribution is 2.26. The topological polar surface area (TPSA) is 236 Å². The molecule has 316 valence electrons. The molecular weight excluding hydrogens is 720 g/mol. The highest BCUT2D eigenvalue weighted by molar-refractivity contribution is 6.37. The molecule has 3 unspecified atom stereocenters. The van der Waals surface area contributed by atoms with E-state index in [0.29, 0.717) is 31.6 Å². The summed E-state index contributed by atoms with van der Waals surface area (Å²) >= 11 is 0. The van der Waals surface area contributed by atoms with E-state index in [2.05, 4.69) is 45.8 Å². The van der Waals surface area contributed by atoms with E-state index in [4.69, 9.17) is 10.2 Å². The molecule has 1 aliphatic carbocycles. The van der Waals surface area contributed by atoms with Crippen LogP contribution in [0.1, 0.15) is 106 Å². The number of likely N-dealkylation sites (N-methyl/N-ethyl adjacent to an activating group) is 1. The molecule has 0 bridgehead atoms. The van der Waals surface area contributed by atoms with Crippen LogP contribution in [0, 0.1) is 11.3 Å². The van der Waals surface area contributed by atoms with Gasteiger partial charge in [0, 0.05) is 38.3 Å². The summed E-state index contributed by atoms with van der Waals surface area (Å²) in [5.74, 6) is -3.90. The van der Waals surface area contributed by atoms with E-state index < -0.39 is 71.1 Å². The van der Waals surface area contributed by atoms with Gasteiger partial charge in [-0.3, -0.25) is 29.7 Å². The van der Waals surface area contributed by atoms with E-state index in [1.54, 1.807) is 24.1 Å². The number of rotatable bonds is 13. The lowest BCUT2D eigenvalue weighted by molar-refractivity contribution is -0.142. The van der Waals surface area contributed by atoms with Crippen molar-refractivity contribution >= 4 is 35.4 Å². The molecule has 56 heavy (non-hydrogen) atoms. The number of ketones is 1. The maximum absolute atomic E-state index is 13.6. The molecule has 0 spiro atoms. The van der Waals surface area contributed by atoms with Crippen LogP contribution in [0.15, 0.2) is 42.6 Å². The largest absolute Gasteiger partial charge is 0.372 e. The van der Waals surface area contributed by atoms with Gasteiger partial charge in [-0.05, 0) is 57.4 Å². The number of Topliss-reactive ketones (excluding diaryl/α,β-unsaturated/α-hetero) is 1. The average molecular weight is 789 g/mol. The lowest BCUT2D eigenvalue weighted by Gasteiger charge is -2.36. The van der Waals surface area contributed by atoms with Crippen molar-refractivity contribution in [2.75, 3.05) is 33.2 Å². The van der Waals surface area contributed by atoms with Crippen LogP contribution in [-0.4, -0.2) is 112 Å². The Balaban J connectivity index is 0.00000137. The number of carbonyl (C=O) groups is 6. The average Bonchev–Trinajstić information content (AvgIpc) is 3.58. The van der Waals surface area contributed by atoms with E-state index in [0.717, 1.165) is 18.4 Å². The maximum Gasteiger partial charge on any atom is 0.315 e. The van der Waals surface area contributed by atoms with Crippen molar-refractivity contribution in [3.8, 4) is 0 Å². The number of likely N-dealkylation sites (tertiary alicyclic amines) is 1. The summed E-state index contributed by atoms with van der Waals surface area (Å²) < 4.78 is 0. The molecule has 1 aromatic rings. The predicted octanol–water partition coefficient (Wildman–Crippen LogP) is 2.02. The van der Waals surface area contributed by atoms with Crippen molar-refractivity contribution < 1.29 is 39.0 Å². The number of hydrogen-bond donors (Lipinski definition) is 8. The van der Waals surface area contributed by atoms with Gasteiger partial charge in [0.15, 0.2) is 0 Å². The Bertz CT molecular complexity index is 1470. The highest BCUT2D eigenvalue weighted by atomic mass is 16.5. The van der Waals surface area contributed by atoms with E-state index in [1.165, 1.54) is 24.2 Å². The second kappa shape index (κ2) is 22.3. The zero-order valence-corrected chi connectivity index (χ0v) is 35.1. The number of aliphatic hydroxyl groups is 2. The van der Waals surface area contributed by atoms with E-state index in [-0.39, 0.29) is 12.5 Å². The van der Waals surface area contributed by atoms with E-state index in [9.17, 15) is 28.8 Å². The molecule has 16 nitrogen and oxygen atoms in total. The quantitative estimate of drug-likeness (QED) is 0.107. The first-order valence-corrected chi connectivity index (χ1v) is 19.2. The molecule has 16 heteroatoms. The Labute approximate surface area is 332 Å². The van der Waals surface area contributed by atoms with Gasteiger partial charge >= 0.3 is 6.03 Å².